The summed E-state index contributed by atoms with van der Waals surface area (Å²) >= 11 is 5.91. The fourth-order valence-electron chi connectivity index (χ4n) is 2.68. The average Bonchev–Trinajstić information content (AvgIpc) is 2.47. The quantitative estimate of drug-likeness (QED) is 0.856. The largest absolute Gasteiger partial charge is 0.444 e. The molecule has 1 fully saturated rings. The highest BCUT2D eigenvalue weighted by Crippen LogP contribution is 2.16. The lowest BCUT2D eigenvalue weighted by Crippen LogP contribution is -2.47. The van der Waals surface area contributed by atoms with E-state index in [0.717, 1.165) is 25.9 Å². The first kappa shape index (κ1) is 19.5. The van der Waals surface area contributed by atoms with Gasteiger partial charge < -0.3 is 15.4 Å². The summed E-state index contributed by atoms with van der Waals surface area (Å²) in [5, 5.41) is 6.33. The second-order valence-corrected chi connectivity index (χ2v) is 7.69. The standard InChI is InChI=1S/C18H26ClN3O3/c1-18(2,3)25-17(24)21-14-7-9-22(10-8-14)12-16(23)20-15-6-4-5-13(19)11-15/h4-6,11,14H,7-10,12H2,1-3H3,(H,20,23)(H,21,24). The highest BCUT2D eigenvalue weighted by Gasteiger charge is 2.24. The van der Waals surface area contributed by atoms with Crippen LogP contribution in [0.25, 0.3) is 0 Å². The summed E-state index contributed by atoms with van der Waals surface area (Å²) in [6.45, 7) is 7.35. The van der Waals surface area contributed by atoms with E-state index in [1.165, 1.54) is 0 Å². The number of nitrogens with one attached hydrogen (secondary N) is 2. The lowest BCUT2D eigenvalue weighted by Gasteiger charge is -2.32. The Morgan fingerprint density at radius 3 is 2.56 bits per heavy atom. The van der Waals surface area contributed by atoms with Crippen LogP contribution in [-0.4, -0.2) is 48.2 Å². The third-order valence-corrected chi connectivity index (χ3v) is 4.02. The molecule has 0 radical (unpaired) electrons. The van der Waals surface area contributed by atoms with Crippen molar-refractivity contribution in [3.05, 3.63) is 29.3 Å². The highest BCUT2D eigenvalue weighted by molar-refractivity contribution is 6.30. The van der Waals surface area contributed by atoms with E-state index >= 15 is 0 Å². The maximum atomic E-state index is 12.1. The smallest absolute Gasteiger partial charge is 0.407 e. The minimum Gasteiger partial charge on any atom is -0.444 e. The second-order valence-electron chi connectivity index (χ2n) is 7.26. The molecule has 0 bridgehead atoms. The number of hydrogen-bond donors (Lipinski definition) is 2. The zero-order valence-electron chi connectivity index (χ0n) is 15.0. The van der Waals surface area contributed by atoms with Gasteiger partial charge in [0.1, 0.15) is 5.60 Å². The molecule has 0 unspecified atom stereocenters. The summed E-state index contributed by atoms with van der Waals surface area (Å²) in [7, 11) is 0. The first-order chi connectivity index (χ1) is 11.7. The van der Waals surface area contributed by atoms with Gasteiger partial charge in [-0.3, -0.25) is 9.69 Å². The number of halogens is 1. The maximum Gasteiger partial charge on any atom is 0.407 e. The van der Waals surface area contributed by atoms with Crippen LogP contribution in [-0.2, 0) is 9.53 Å². The van der Waals surface area contributed by atoms with Gasteiger partial charge in [-0.2, -0.15) is 0 Å². The Morgan fingerprint density at radius 1 is 1.28 bits per heavy atom. The van der Waals surface area contributed by atoms with E-state index in [-0.39, 0.29) is 18.0 Å². The minimum atomic E-state index is -0.497. The molecular weight excluding hydrogens is 342 g/mol. The van der Waals surface area contributed by atoms with Gasteiger partial charge in [0.15, 0.2) is 0 Å². The van der Waals surface area contributed by atoms with Crippen LogP contribution in [0.5, 0.6) is 0 Å². The summed E-state index contributed by atoms with van der Waals surface area (Å²) in [4.78, 5) is 26.0. The van der Waals surface area contributed by atoms with Crippen molar-refractivity contribution in [2.45, 2.75) is 45.3 Å². The predicted octanol–water partition coefficient (Wildman–Crippen LogP) is 3.27. The van der Waals surface area contributed by atoms with Crippen LogP contribution in [0.1, 0.15) is 33.6 Å². The van der Waals surface area contributed by atoms with Gasteiger partial charge in [0, 0.05) is 29.8 Å². The Balaban J connectivity index is 1.71. The lowest BCUT2D eigenvalue weighted by atomic mass is 10.1. The van der Waals surface area contributed by atoms with E-state index in [4.69, 9.17) is 16.3 Å². The molecule has 1 aromatic carbocycles. The maximum absolute atomic E-state index is 12.1. The number of carbonyl (C=O) groups excluding carboxylic acids is 2. The SMILES string of the molecule is CC(C)(C)OC(=O)NC1CCN(CC(=O)Nc2cccc(Cl)c2)CC1. The molecule has 1 heterocycles. The predicted molar refractivity (Wildman–Crippen MR) is 98.9 cm³/mol. The number of amides is 2. The normalized spacial score (nSPS) is 16.3. The molecule has 25 heavy (non-hydrogen) atoms. The van der Waals surface area contributed by atoms with Crippen LogP contribution in [0.2, 0.25) is 5.02 Å². The monoisotopic (exact) mass is 367 g/mol. The molecule has 0 atom stereocenters. The number of likely N-dealkylation sites (tertiary alicyclic amines) is 1. The molecule has 1 aliphatic heterocycles. The number of ether oxygens (including phenoxy) is 1. The minimum absolute atomic E-state index is 0.0687. The van der Waals surface area contributed by atoms with Crippen LogP contribution in [0.3, 0.4) is 0 Å². The van der Waals surface area contributed by atoms with Crippen molar-refractivity contribution in [2.75, 3.05) is 25.0 Å². The highest BCUT2D eigenvalue weighted by atomic mass is 35.5. The van der Waals surface area contributed by atoms with Gasteiger partial charge in [-0.15, -0.1) is 0 Å². The number of benzene rings is 1. The van der Waals surface area contributed by atoms with Crippen molar-refractivity contribution in [2.24, 2.45) is 0 Å². The van der Waals surface area contributed by atoms with Gasteiger partial charge in [0.2, 0.25) is 5.91 Å². The van der Waals surface area contributed by atoms with Crippen LogP contribution >= 0.6 is 11.6 Å². The molecule has 6 nitrogen and oxygen atoms in total. The van der Waals surface area contributed by atoms with Crippen molar-refractivity contribution in [3.8, 4) is 0 Å². The zero-order valence-corrected chi connectivity index (χ0v) is 15.7. The number of nitrogens with zero attached hydrogens (tertiary/aromatic N) is 1. The van der Waals surface area contributed by atoms with Gasteiger partial charge in [-0.1, -0.05) is 17.7 Å². The number of rotatable bonds is 4. The van der Waals surface area contributed by atoms with E-state index < -0.39 is 5.60 Å². The molecule has 1 saturated heterocycles. The Morgan fingerprint density at radius 2 is 1.96 bits per heavy atom. The van der Waals surface area contributed by atoms with Crippen LogP contribution in [0.15, 0.2) is 24.3 Å². The van der Waals surface area contributed by atoms with E-state index in [1.54, 1.807) is 24.3 Å². The zero-order chi connectivity index (χ0) is 18.4. The van der Waals surface area contributed by atoms with Crippen LogP contribution in [0.4, 0.5) is 10.5 Å². The van der Waals surface area contributed by atoms with E-state index in [9.17, 15) is 9.59 Å². The third kappa shape index (κ3) is 7.32. The number of piperidine rings is 1. The molecule has 1 aliphatic rings. The third-order valence-electron chi connectivity index (χ3n) is 3.78. The van der Waals surface area contributed by atoms with Crippen LogP contribution in [0, 0.1) is 0 Å². The summed E-state index contributed by atoms with van der Waals surface area (Å²) in [6.07, 6.45) is 1.21. The molecular formula is C18H26ClN3O3. The molecule has 1 aromatic rings. The molecule has 0 aromatic heterocycles. The first-order valence-electron chi connectivity index (χ1n) is 8.48. The van der Waals surface area contributed by atoms with E-state index in [0.29, 0.717) is 17.3 Å². The Bertz CT molecular complexity index is 608. The van der Waals surface area contributed by atoms with Gasteiger partial charge >= 0.3 is 6.09 Å². The fraction of sp³-hybridized carbons (Fsp3) is 0.556. The fourth-order valence-corrected chi connectivity index (χ4v) is 2.87. The molecule has 2 rings (SSSR count). The summed E-state index contributed by atoms with van der Waals surface area (Å²) in [6, 6.07) is 7.17. The molecule has 7 heteroatoms. The Hall–Kier alpha value is -1.79. The van der Waals surface area contributed by atoms with Gasteiger partial charge in [0.25, 0.3) is 0 Å². The molecule has 138 valence electrons. The first-order valence-corrected chi connectivity index (χ1v) is 8.86. The Kier molecular flexibility index (Phi) is 6.67. The summed E-state index contributed by atoms with van der Waals surface area (Å²) in [5.74, 6) is -0.0687. The molecule has 2 N–H and O–H groups in total. The van der Waals surface area contributed by atoms with Crippen molar-refractivity contribution < 1.29 is 14.3 Å². The van der Waals surface area contributed by atoms with Crippen molar-refractivity contribution >= 4 is 29.3 Å². The average molecular weight is 368 g/mol. The summed E-state index contributed by atoms with van der Waals surface area (Å²) < 4.78 is 5.27. The van der Waals surface area contributed by atoms with Gasteiger partial charge in [0.05, 0.1) is 6.54 Å². The molecule has 0 spiro atoms. The van der Waals surface area contributed by atoms with Crippen molar-refractivity contribution in [1.29, 1.82) is 0 Å². The lowest BCUT2D eigenvalue weighted by molar-refractivity contribution is -0.117. The van der Waals surface area contributed by atoms with E-state index in [1.807, 2.05) is 20.8 Å². The molecule has 0 saturated carbocycles. The molecule has 2 amide bonds. The molecule has 0 aliphatic carbocycles. The summed E-state index contributed by atoms with van der Waals surface area (Å²) in [5.41, 5.74) is 0.197. The second kappa shape index (κ2) is 8.54. The van der Waals surface area contributed by atoms with E-state index in [2.05, 4.69) is 15.5 Å². The van der Waals surface area contributed by atoms with Gasteiger partial charge in [-0.05, 0) is 51.8 Å². The number of hydrogen-bond acceptors (Lipinski definition) is 4. The van der Waals surface area contributed by atoms with Crippen molar-refractivity contribution in [1.82, 2.24) is 10.2 Å². The van der Waals surface area contributed by atoms with Crippen LogP contribution < -0.4 is 10.6 Å². The number of anilines is 1. The topological polar surface area (TPSA) is 70.7 Å². The number of alkyl carbamates (subject to hydrolysis) is 1. The number of carbonyl (C=O) groups is 2. The Labute approximate surface area is 153 Å². The van der Waals surface area contributed by atoms with Gasteiger partial charge in [-0.25, -0.2) is 4.79 Å². The van der Waals surface area contributed by atoms with Crippen molar-refractivity contribution in [3.63, 3.8) is 0 Å².